The third-order valence-electron chi connectivity index (χ3n) is 5.95. The Morgan fingerprint density at radius 2 is 1.78 bits per heavy atom. The summed E-state index contributed by atoms with van der Waals surface area (Å²) < 4.78 is 15.1. The van der Waals surface area contributed by atoms with Crippen LogP contribution in [0.1, 0.15) is 22.6 Å². The molecule has 1 atom stereocenters. The predicted molar refractivity (Wildman–Crippen MR) is 155 cm³/mol. The SMILES string of the molecule is C=C(OC)C(CC(=O)OC)NC(=O)c1ccc(NC(=O)/C(N)=C/c2nccc(-c3ccc(NC)c(OC)c3)n2)cc1. The van der Waals surface area contributed by atoms with Gasteiger partial charge in [0.25, 0.3) is 11.8 Å². The molecule has 0 bridgehead atoms. The monoisotopic (exact) mass is 560 g/mol. The second kappa shape index (κ2) is 14.1. The Bertz CT molecular complexity index is 1450. The van der Waals surface area contributed by atoms with Gasteiger partial charge in [-0.05, 0) is 42.5 Å². The number of nitrogens with zero attached hydrogens (tertiary/aromatic N) is 2. The molecule has 214 valence electrons. The van der Waals surface area contributed by atoms with Crippen LogP contribution in [0.15, 0.2) is 72.8 Å². The Balaban J connectivity index is 1.68. The van der Waals surface area contributed by atoms with Crippen molar-refractivity contribution in [3.8, 4) is 17.0 Å². The molecule has 12 nitrogen and oxygen atoms in total. The lowest BCUT2D eigenvalue weighted by Gasteiger charge is -2.19. The number of ether oxygens (including phenoxy) is 3. The summed E-state index contributed by atoms with van der Waals surface area (Å²) >= 11 is 0. The van der Waals surface area contributed by atoms with Crippen LogP contribution in [0.25, 0.3) is 17.3 Å². The second-order valence-corrected chi connectivity index (χ2v) is 8.57. The first-order valence-electron chi connectivity index (χ1n) is 12.4. The molecular formula is C29H32N6O6. The van der Waals surface area contributed by atoms with Gasteiger partial charge in [-0.15, -0.1) is 0 Å². The summed E-state index contributed by atoms with van der Waals surface area (Å²) in [4.78, 5) is 45.7. The molecule has 3 rings (SSSR count). The van der Waals surface area contributed by atoms with E-state index in [4.69, 9.17) is 15.2 Å². The summed E-state index contributed by atoms with van der Waals surface area (Å²) in [7, 11) is 6.02. The summed E-state index contributed by atoms with van der Waals surface area (Å²) in [5.41, 5.74) is 8.84. The van der Waals surface area contributed by atoms with Crippen molar-refractivity contribution < 1.29 is 28.6 Å². The van der Waals surface area contributed by atoms with Crippen LogP contribution in [0.5, 0.6) is 5.75 Å². The fourth-order valence-corrected chi connectivity index (χ4v) is 3.65. The zero-order chi connectivity index (χ0) is 29.9. The van der Waals surface area contributed by atoms with Gasteiger partial charge in [0.05, 0.1) is 45.2 Å². The van der Waals surface area contributed by atoms with Gasteiger partial charge in [-0.3, -0.25) is 14.4 Å². The second-order valence-electron chi connectivity index (χ2n) is 8.57. The van der Waals surface area contributed by atoms with E-state index in [0.29, 0.717) is 17.1 Å². The van der Waals surface area contributed by atoms with E-state index in [2.05, 4.69) is 37.2 Å². The number of amides is 2. The van der Waals surface area contributed by atoms with E-state index >= 15 is 0 Å². The summed E-state index contributed by atoms with van der Waals surface area (Å²) in [5.74, 6) is -0.466. The fourth-order valence-electron chi connectivity index (χ4n) is 3.65. The standard InChI is InChI=1S/C29H32N6O6/c1-17(39-3)24(16-27(36)41-5)35-28(37)18-6-9-20(10-7-18)33-29(38)21(30)15-26-32-13-12-22(34-26)19-8-11-23(31-2)25(14-19)40-4/h6-15,24,31H,1,16,30H2,2-5H3,(H,33,38)(H,35,37)/b21-15-. The molecule has 0 saturated carbocycles. The predicted octanol–water partition coefficient (Wildman–Crippen LogP) is 2.95. The highest BCUT2D eigenvalue weighted by Gasteiger charge is 2.21. The van der Waals surface area contributed by atoms with Gasteiger partial charge >= 0.3 is 5.97 Å². The Morgan fingerprint density at radius 1 is 1.05 bits per heavy atom. The van der Waals surface area contributed by atoms with E-state index in [1.54, 1.807) is 38.6 Å². The number of benzene rings is 2. The molecule has 41 heavy (non-hydrogen) atoms. The lowest BCUT2D eigenvalue weighted by atomic mass is 10.1. The van der Waals surface area contributed by atoms with Crippen LogP contribution in [0.2, 0.25) is 0 Å². The molecule has 5 N–H and O–H groups in total. The van der Waals surface area contributed by atoms with Gasteiger partial charge in [-0.1, -0.05) is 12.6 Å². The summed E-state index contributed by atoms with van der Waals surface area (Å²) in [5, 5.41) is 8.40. The minimum absolute atomic E-state index is 0.115. The van der Waals surface area contributed by atoms with Crippen molar-refractivity contribution in [1.29, 1.82) is 0 Å². The lowest BCUT2D eigenvalue weighted by Crippen LogP contribution is -2.38. The number of aromatic nitrogens is 2. The molecule has 2 amide bonds. The van der Waals surface area contributed by atoms with Crippen LogP contribution in [-0.2, 0) is 19.1 Å². The van der Waals surface area contributed by atoms with Gasteiger partial charge in [0.15, 0.2) is 5.82 Å². The molecule has 1 heterocycles. The average molecular weight is 561 g/mol. The summed E-state index contributed by atoms with van der Waals surface area (Å²) in [6, 6.07) is 12.7. The van der Waals surface area contributed by atoms with Crippen LogP contribution in [0.3, 0.4) is 0 Å². The molecule has 0 radical (unpaired) electrons. The van der Waals surface area contributed by atoms with Crippen LogP contribution in [0.4, 0.5) is 11.4 Å². The van der Waals surface area contributed by atoms with E-state index in [9.17, 15) is 14.4 Å². The topological polar surface area (TPSA) is 167 Å². The number of carbonyl (C=O) groups excluding carboxylic acids is 3. The molecule has 1 unspecified atom stereocenters. The van der Waals surface area contributed by atoms with E-state index in [1.165, 1.54) is 32.4 Å². The van der Waals surface area contributed by atoms with Crippen molar-refractivity contribution in [3.63, 3.8) is 0 Å². The van der Waals surface area contributed by atoms with E-state index < -0.39 is 23.8 Å². The van der Waals surface area contributed by atoms with Crippen LogP contribution < -0.4 is 26.4 Å². The summed E-state index contributed by atoms with van der Waals surface area (Å²) in [6.07, 6.45) is 2.79. The highest BCUT2D eigenvalue weighted by Crippen LogP contribution is 2.29. The Hall–Kier alpha value is -5.39. The van der Waals surface area contributed by atoms with E-state index in [0.717, 1.165) is 11.3 Å². The van der Waals surface area contributed by atoms with Gasteiger partial charge < -0.3 is 35.9 Å². The number of methoxy groups -OCH3 is 3. The maximum absolute atomic E-state index is 12.7. The lowest BCUT2D eigenvalue weighted by molar-refractivity contribution is -0.141. The van der Waals surface area contributed by atoms with Gasteiger partial charge in [0.2, 0.25) is 0 Å². The quantitative estimate of drug-likeness (QED) is 0.147. The molecule has 1 aromatic heterocycles. The van der Waals surface area contributed by atoms with Gasteiger partial charge in [-0.2, -0.15) is 0 Å². The Kier molecular flexibility index (Phi) is 10.4. The number of esters is 1. The highest BCUT2D eigenvalue weighted by molar-refractivity contribution is 6.06. The number of carbonyl (C=O) groups is 3. The number of hydrogen-bond acceptors (Lipinski definition) is 10. The van der Waals surface area contributed by atoms with Crippen LogP contribution in [0, 0.1) is 0 Å². The zero-order valence-electron chi connectivity index (χ0n) is 23.2. The minimum atomic E-state index is -0.778. The molecular weight excluding hydrogens is 528 g/mol. The molecule has 0 aliphatic heterocycles. The normalized spacial score (nSPS) is 11.6. The third-order valence-corrected chi connectivity index (χ3v) is 5.95. The van der Waals surface area contributed by atoms with Crippen molar-refractivity contribution >= 4 is 35.2 Å². The Labute approximate surface area is 237 Å². The van der Waals surface area contributed by atoms with Gasteiger partial charge in [0.1, 0.15) is 17.2 Å². The summed E-state index contributed by atoms with van der Waals surface area (Å²) in [6.45, 7) is 3.71. The van der Waals surface area contributed by atoms with Gasteiger partial charge in [-0.25, -0.2) is 9.97 Å². The molecule has 0 aliphatic rings. The fraction of sp³-hybridized carbons (Fsp3) is 0.207. The number of rotatable bonds is 12. The molecule has 0 fully saturated rings. The zero-order valence-corrected chi connectivity index (χ0v) is 23.2. The number of hydrogen-bond donors (Lipinski definition) is 4. The molecule has 0 aliphatic carbocycles. The third kappa shape index (κ3) is 8.05. The van der Waals surface area contributed by atoms with E-state index in [1.807, 2.05) is 18.2 Å². The van der Waals surface area contributed by atoms with E-state index in [-0.39, 0.29) is 29.3 Å². The molecule has 0 spiro atoms. The molecule has 12 heteroatoms. The van der Waals surface area contributed by atoms with Crippen LogP contribution in [-0.4, -0.2) is 62.2 Å². The maximum Gasteiger partial charge on any atom is 0.308 e. The van der Waals surface area contributed by atoms with Crippen molar-refractivity contribution in [1.82, 2.24) is 15.3 Å². The highest BCUT2D eigenvalue weighted by atomic mass is 16.5. The first kappa shape index (κ1) is 30.2. The van der Waals surface area contributed by atoms with Gasteiger partial charge in [0, 0.05) is 36.1 Å². The molecule has 2 aromatic carbocycles. The molecule has 3 aromatic rings. The number of nitrogens with two attached hydrogens (primary N) is 1. The Morgan fingerprint density at radius 3 is 2.41 bits per heavy atom. The van der Waals surface area contributed by atoms with Crippen molar-refractivity contribution in [2.75, 3.05) is 39.0 Å². The first-order chi connectivity index (χ1) is 19.7. The maximum atomic E-state index is 12.7. The van der Waals surface area contributed by atoms with Crippen molar-refractivity contribution in [3.05, 3.63) is 84.2 Å². The van der Waals surface area contributed by atoms with Crippen LogP contribution >= 0.6 is 0 Å². The first-order valence-corrected chi connectivity index (χ1v) is 12.4. The largest absolute Gasteiger partial charge is 0.500 e. The molecule has 0 saturated heterocycles. The van der Waals surface area contributed by atoms with Crippen molar-refractivity contribution in [2.45, 2.75) is 12.5 Å². The average Bonchev–Trinajstić information content (AvgIpc) is 3.00. The number of anilines is 2. The minimum Gasteiger partial charge on any atom is -0.500 e. The smallest absolute Gasteiger partial charge is 0.308 e. The number of nitrogens with one attached hydrogen (secondary N) is 3. The van der Waals surface area contributed by atoms with Crippen molar-refractivity contribution in [2.24, 2.45) is 5.73 Å².